The van der Waals surface area contributed by atoms with Crippen molar-refractivity contribution in [3.8, 4) is 17.5 Å². The third kappa shape index (κ3) is 4.00. The number of fused-ring (bicyclic) bond motifs is 1. The lowest BCUT2D eigenvalue weighted by atomic mass is 10.1. The minimum Gasteiger partial charge on any atom is -0.411 e. The number of carbonyl (C=O) groups is 1. The molecule has 0 N–H and O–H groups in total. The van der Waals surface area contributed by atoms with Gasteiger partial charge in [-0.3, -0.25) is 4.79 Å². The van der Waals surface area contributed by atoms with Crippen LogP contribution in [0.5, 0.6) is 0 Å². The summed E-state index contributed by atoms with van der Waals surface area (Å²) >= 11 is 1.23. The highest BCUT2D eigenvalue weighted by atomic mass is 32.2. The molecule has 0 amide bonds. The van der Waals surface area contributed by atoms with Gasteiger partial charge in [-0.2, -0.15) is 5.26 Å². The summed E-state index contributed by atoms with van der Waals surface area (Å²) in [7, 11) is 0. The summed E-state index contributed by atoms with van der Waals surface area (Å²) in [6.07, 6.45) is 2.23. The van der Waals surface area contributed by atoms with E-state index in [1.54, 1.807) is 0 Å². The molecule has 0 radical (unpaired) electrons. The average Bonchev–Trinajstić information content (AvgIpc) is 3.38. The van der Waals surface area contributed by atoms with Crippen molar-refractivity contribution in [1.29, 1.82) is 5.26 Å². The molecule has 0 saturated carbocycles. The van der Waals surface area contributed by atoms with E-state index < -0.39 is 0 Å². The molecule has 150 valence electrons. The van der Waals surface area contributed by atoms with Crippen molar-refractivity contribution in [1.82, 2.24) is 14.8 Å². The van der Waals surface area contributed by atoms with Crippen LogP contribution in [0.4, 0.5) is 0 Å². The number of aromatic nitrogens is 3. The number of benzene rings is 2. The van der Waals surface area contributed by atoms with Crippen LogP contribution < -0.4 is 0 Å². The first kappa shape index (κ1) is 19.9. The minimum absolute atomic E-state index is 0.0159. The molecule has 7 heteroatoms. The van der Waals surface area contributed by atoms with Crippen molar-refractivity contribution < 1.29 is 9.21 Å². The fraction of sp³-hybridized carbons (Fsp3) is 0.217. The van der Waals surface area contributed by atoms with Crippen LogP contribution in [0.2, 0.25) is 0 Å². The molecule has 2 heterocycles. The van der Waals surface area contributed by atoms with Crippen LogP contribution in [0.3, 0.4) is 0 Å². The minimum atomic E-state index is -0.0159. The summed E-state index contributed by atoms with van der Waals surface area (Å²) in [5.74, 6) is 0.625. The number of ketones is 1. The molecular formula is C23H20N4O2S. The van der Waals surface area contributed by atoms with Crippen LogP contribution >= 0.6 is 11.8 Å². The van der Waals surface area contributed by atoms with E-state index in [1.807, 2.05) is 60.2 Å². The van der Waals surface area contributed by atoms with Gasteiger partial charge in [0, 0.05) is 34.8 Å². The number of aryl methyl sites for hydroxylation is 3. The second kappa shape index (κ2) is 8.56. The normalized spacial score (nSPS) is 11.0. The van der Waals surface area contributed by atoms with E-state index in [-0.39, 0.29) is 11.5 Å². The van der Waals surface area contributed by atoms with Crippen molar-refractivity contribution in [3.63, 3.8) is 0 Å². The third-order valence-electron chi connectivity index (χ3n) is 5.04. The molecule has 0 atom stereocenters. The van der Waals surface area contributed by atoms with Crippen LogP contribution in [0.25, 0.3) is 22.4 Å². The van der Waals surface area contributed by atoms with E-state index in [9.17, 15) is 4.79 Å². The summed E-state index contributed by atoms with van der Waals surface area (Å²) in [5.41, 5.74) is 4.82. The predicted molar refractivity (Wildman–Crippen MR) is 116 cm³/mol. The van der Waals surface area contributed by atoms with Gasteiger partial charge < -0.3 is 8.98 Å². The molecule has 0 unspecified atom stereocenters. The highest BCUT2D eigenvalue weighted by Crippen LogP contribution is 2.27. The maximum atomic E-state index is 12.9. The molecule has 0 aliphatic carbocycles. The van der Waals surface area contributed by atoms with Gasteiger partial charge in [-0.25, -0.2) is 0 Å². The predicted octanol–water partition coefficient (Wildman–Crippen LogP) is 5.20. The van der Waals surface area contributed by atoms with E-state index in [2.05, 4.69) is 23.2 Å². The summed E-state index contributed by atoms with van der Waals surface area (Å²) in [4.78, 5) is 12.9. The van der Waals surface area contributed by atoms with Crippen molar-refractivity contribution in [2.75, 3.05) is 5.75 Å². The van der Waals surface area contributed by atoms with E-state index >= 15 is 0 Å². The molecule has 4 aromatic rings. The average molecular weight is 417 g/mol. The number of hydrogen-bond donors (Lipinski definition) is 0. The van der Waals surface area contributed by atoms with Crippen LogP contribution in [-0.4, -0.2) is 26.3 Å². The van der Waals surface area contributed by atoms with Crippen LogP contribution in [-0.2, 0) is 6.54 Å². The Balaban J connectivity index is 1.50. The molecule has 0 spiro atoms. The Hall–Kier alpha value is -3.37. The van der Waals surface area contributed by atoms with Gasteiger partial charge in [0.1, 0.15) is 0 Å². The summed E-state index contributed by atoms with van der Waals surface area (Å²) in [5, 5.41) is 18.3. The maximum absolute atomic E-state index is 12.9. The Morgan fingerprint density at radius 2 is 2.00 bits per heavy atom. The number of thioether (sulfide) groups is 1. The monoisotopic (exact) mass is 416 g/mol. The largest absolute Gasteiger partial charge is 0.411 e. The zero-order valence-electron chi connectivity index (χ0n) is 16.8. The second-order valence-corrected chi connectivity index (χ2v) is 7.97. The first-order chi connectivity index (χ1) is 14.6. The number of nitrogens with zero attached hydrogens (tertiary/aromatic N) is 4. The van der Waals surface area contributed by atoms with Crippen molar-refractivity contribution >= 4 is 28.4 Å². The van der Waals surface area contributed by atoms with Crippen LogP contribution in [0, 0.1) is 25.2 Å². The van der Waals surface area contributed by atoms with E-state index in [0.717, 1.165) is 22.0 Å². The Morgan fingerprint density at radius 3 is 2.80 bits per heavy atom. The fourth-order valence-corrected chi connectivity index (χ4v) is 3.94. The molecule has 2 aromatic carbocycles. The third-order valence-corrected chi connectivity index (χ3v) is 5.86. The smallest absolute Gasteiger partial charge is 0.277 e. The molecule has 6 nitrogen and oxygen atoms in total. The Kier molecular flexibility index (Phi) is 5.68. The number of Topliss-reactive ketones (excluding diaryl/α,β-unsaturated/α-hetero) is 1. The van der Waals surface area contributed by atoms with Crippen molar-refractivity contribution in [3.05, 3.63) is 65.4 Å². The van der Waals surface area contributed by atoms with E-state index in [1.165, 1.54) is 17.3 Å². The van der Waals surface area contributed by atoms with Gasteiger partial charge in [0.2, 0.25) is 5.89 Å². The number of rotatable bonds is 7. The lowest BCUT2D eigenvalue weighted by Gasteiger charge is -2.01. The molecule has 0 aliphatic rings. The van der Waals surface area contributed by atoms with Gasteiger partial charge in [-0.05, 0) is 43.2 Å². The van der Waals surface area contributed by atoms with Gasteiger partial charge in [0.15, 0.2) is 5.78 Å². The maximum Gasteiger partial charge on any atom is 0.277 e. The highest BCUT2D eigenvalue weighted by molar-refractivity contribution is 7.99. The Bertz CT molecular complexity index is 1270. The van der Waals surface area contributed by atoms with Gasteiger partial charge in [0.25, 0.3) is 5.22 Å². The number of nitriles is 1. The molecule has 2 aromatic heterocycles. The Morgan fingerprint density at radius 1 is 1.17 bits per heavy atom. The Labute approximate surface area is 178 Å². The molecule has 4 rings (SSSR count). The number of para-hydroxylation sites is 1. The van der Waals surface area contributed by atoms with E-state index in [0.29, 0.717) is 29.6 Å². The number of carbonyl (C=O) groups excluding carboxylic acids is 1. The van der Waals surface area contributed by atoms with Gasteiger partial charge in [0.05, 0.1) is 18.2 Å². The zero-order valence-corrected chi connectivity index (χ0v) is 17.6. The summed E-state index contributed by atoms with van der Waals surface area (Å²) in [6.45, 7) is 4.65. The van der Waals surface area contributed by atoms with Crippen LogP contribution in [0.1, 0.15) is 27.9 Å². The molecule has 0 aliphatic heterocycles. The van der Waals surface area contributed by atoms with E-state index in [4.69, 9.17) is 9.68 Å². The highest BCUT2D eigenvalue weighted by Gasteiger charge is 2.17. The lowest BCUT2D eigenvalue weighted by molar-refractivity contribution is 0.102. The van der Waals surface area contributed by atoms with Crippen LogP contribution in [0.15, 0.2) is 58.3 Å². The SMILES string of the molecule is Cc1ccc(-c2nnc(SCC(=O)c3cn(CCC#N)c4ccccc34)o2)cc1C. The fourth-order valence-electron chi connectivity index (χ4n) is 3.29. The van der Waals surface area contributed by atoms with Crippen molar-refractivity contribution in [2.45, 2.75) is 32.0 Å². The van der Waals surface area contributed by atoms with Crippen molar-refractivity contribution in [2.24, 2.45) is 0 Å². The summed E-state index contributed by atoms with van der Waals surface area (Å²) < 4.78 is 7.70. The topological polar surface area (TPSA) is 84.7 Å². The standard InChI is InChI=1S/C23H20N4O2S/c1-15-8-9-17(12-16(15)2)22-25-26-23(29-22)30-14-21(28)19-13-27(11-5-10-24)20-7-4-3-6-18(19)20/h3-4,6-9,12-13H,5,11,14H2,1-2H3. The summed E-state index contributed by atoms with van der Waals surface area (Å²) in [6, 6.07) is 15.9. The first-order valence-corrected chi connectivity index (χ1v) is 10.6. The van der Waals surface area contributed by atoms with Gasteiger partial charge in [-0.1, -0.05) is 36.0 Å². The first-order valence-electron chi connectivity index (χ1n) is 9.59. The quantitative estimate of drug-likeness (QED) is 0.304. The molecule has 0 bridgehead atoms. The van der Waals surface area contributed by atoms with Gasteiger partial charge in [-0.15, -0.1) is 10.2 Å². The number of hydrogen-bond acceptors (Lipinski definition) is 6. The molecule has 30 heavy (non-hydrogen) atoms. The molecular weight excluding hydrogens is 396 g/mol. The zero-order chi connectivity index (χ0) is 21.1. The molecule has 0 fully saturated rings. The molecule has 0 saturated heterocycles. The van der Waals surface area contributed by atoms with Gasteiger partial charge >= 0.3 is 0 Å². The lowest BCUT2D eigenvalue weighted by Crippen LogP contribution is -2.02. The second-order valence-electron chi connectivity index (χ2n) is 7.05.